The number of sulfone groups is 1. The predicted octanol–water partition coefficient (Wildman–Crippen LogP) is 1.53. The molecule has 0 aliphatic carbocycles. The molecule has 0 saturated heterocycles. The van der Waals surface area contributed by atoms with E-state index in [9.17, 15) is 17.6 Å². The Morgan fingerprint density at radius 1 is 1.33 bits per heavy atom. The van der Waals surface area contributed by atoms with Crippen LogP contribution in [0.4, 0.5) is 4.39 Å². The topological polar surface area (TPSA) is 72.5 Å². The Bertz CT molecular complexity index is 557. The van der Waals surface area contributed by atoms with Gasteiger partial charge in [-0.15, -0.1) is 0 Å². The molecule has 0 aromatic heterocycles. The van der Waals surface area contributed by atoms with E-state index in [-0.39, 0.29) is 24.2 Å². The van der Waals surface area contributed by atoms with E-state index in [0.29, 0.717) is 12.2 Å². The van der Waals surface area contributed by atoms with Gasteiger partial charge in [-0.05, 0) is 37.6 Å². The second-order valence-corrected chi connectivity index (χ2v) is 7.01. The standard InChI is InChI=1S/C14H20FNO4S/c1-3-8-21(18,19)10-14(17)16-11(2)9-20-13-6-4-12(15)5-7-13/h4-7,11H,3,8-10H2,1-2H3,(H,16,17). The zero-order chi connectivity index (χ0) is 15.9. The molecule has 1 unspecified atom stereocenters. The van der Waals surface area contributed by atoms with Crippen molar-refractivity contribution in [2.24, 2.45) is 0 Å². The van der Waals surface area contributed by atoms with Crippen LogP contribution in [0.5, 0.6) is 5.75 Å². The first-order valence-corrected chi connectivity index (χ1v) is 8.52. The van der Waals surface area contributed by atoms with Crippen LogP contribution in [0.3, 0.4) is 0 Å². The molecule has 1 aromatic carbocycles. The van der Waals surface area contributed by atoms with Crippen molar-refractivity contribution in [2.75, 3.05) is 18.1 Å². The zero-order valence-corrected chi connectivity index (χ0v) is 13.0. The third-order valence-electron chi connectivity index (χ3n) is 2.59. The summed E-state index contributed by atoms with van der Waals surface area (Å²) in [4.78, 5) is 11.6. The summed E-state index contributed by atoms with van der Waals surface area (Å²) < 4.78 is 41.1. The van der Waals surface area contributed by atoms with Gasteiger partial charge in [0.1, 0.15) is 23.9 Å². The second-order valence-electron chi connectivity index (χ2n) is 4.83. The average molecular weight is 317 g/mol. The van der Waals surface area contributed by atoms with Crippen LogP contribution in [-0.2, 0) is 14.6 Å². The Balaban J connectivity index is 2.38. The second kappa shape index (κ2) is 7.97. The van der Waals surface area contributed by atoms with Crippen LogP contribution in [0.25, 0.3) is 0 Å². The highest BCUT2D eigenvalue weighted by Crippen LogP contribution is 2.11. The van der Waals surface area contributed by atoms with Gasteiger partial charge in [0, 0.05) is 0 Å². The lowest BCUT2D eigenvalue weighted by Crippen LogP contribution is -2.40. The zero-order valence-electron chi connectivity index (χ0n) is 12.1. The van der Waals surface area contributed by atoms with Crippen molar-refractivity contribution in [3.05, 3.63) is 30.1 Å². The fraction of sp³-hybridized carbons (Fsp3) is 0.500. The first-order valence-electron chi connectivity index (χ1n) is 6.70. The molecule has 0 bridgehead atoms. The minimum Gasteiger partial charge on any atom is -0.491 e. The molecule has 5 nitrogen and oxygen atoms in total. The number of hydrogen-bond acceptors (Lipinski definition) is 4. The van der Waals surface area contributed by atoms with E-state index < -0.39 is 21.5 Å². The van der Waals surface area contributed by atoms with Crippen LogP contribution >= 0.6 is 0 Å². The molecule has 1 aromatic rings. The minimum absolute atomic E-state index is 0.000873. The molecule has 1 amide bonds. The first-order chi connectivity index (χ1) is 9.82. The summed E-state index contributed by atoms with van der Waals surface area (Å²) in [5, 5.41) is 2.56. The smallest absolute Gasteiger partial charge is 0.235 e. The van der Waals surface area contributed by atoms with Crippen molar-refractivity contribution in [1.29, 1.82) is 0 Å². The van der Waals surface area contributed by atoms with E-state index in [1.807, 2.05) is 0 Å². The SMILES string of the molecule is CCCS(=O)(=O)CC(=O)NC(C)COc1ccc(F)cc1. The monoisotopic (exact) mass is 317 g/mol. The summed E-state index contributed by atoms with van der Waals surface area (Å²) in [5.41, 5.74) is 0. The van der Waals surface area contributed by atoms with Gasteiger partial charge in [0.05, 0.1) is 11.8 Å². The maximum absolute atomic E-state index is 12.7. The average Bonchev–Trinajstić information content (AvgIpc) is 2.37. The van der Waals surface area contributed by atoms with Crippen LogP contribution in [0.1, 0.15) is 20.3 Å². The van der Waals surface area contributed by atoms with Crippen LogP contribution in [0.15, 0.2) is 24.3 Å². The highest BCUT2D eigenvalue weighted by molar-refractivity contribution is 7.92. The van der Waals surface area contributed by atoms with E-state index >= 15 is 0 Å². The largest absolute Gasteiger partial charge is 0.491 e. The lowest BCUT2D eigenvalue weighted by atomic mass is 10.3. The third kappa shape index (κ3) is 7.08. The summed E-state index contributed by atoms with van der Waals surface area (Å²) in [6.45, 7) is 3.62. The fourth-order valence-corrected chi connectivity index (χ4v) is 2.94. The first kappa shape index (κ1) is 17.4. The summed E-state index contributed by atoms with van der Waals surface area (Å²) in [5.74, 6) is -0.928. The highest BCUT2D eigenvalue weighted by Gasteiger charge is 2.17. The van der Waals surface area contributed by atoms with Crippen molar-refractivity contribution in [1.82, 2.24) is 5.32 Å². The molecule has 0 saturated carbocycles. The van der Waals surface area contributed by atoms with Crippen LogP contribution in [0, 0.1) is 5.82 Å². The van der Waals surface area contributed by atoms with E-state index in [1.165, 1.54) is 24.3 Å². The van der Waals surface area contributed by atoms with Crippen molar-refractivity contribution in [2.45, 2.75) is 26.3 Å². The summed E-state index contributed by atoms with van der Waals surface area (Å²) in [7, 11) is -3.34. The molecule has 118 valence electrons. The molecule has 0 fully saturated rings. The predicted molar refractivity (Wildman–Crippen MR) is 78.4 cm³/mol. The molecule has 0 radical (unpaired) electrons. The van der Waals surface area contributed by atoms with Crippen LogP contribution in [0.2, 0.25) is 0 Å². The molecule has 1 rings (SSSR count). The van der Waals surface area contributed by atoms with Gasteiger partial charge < -0.3 is 10.1 Å². The van der Waals surface area contributed by atoms with Crippen LogP contribution < -0.4 is 10.1 Å². The maximum atomic E-state index is 12.7. The fourth-order valence-electron chi connectivity index (χ4n) is 1.69. The maximum Gasteiger partial charge on any atom is 0.235 e. The molecule has 0 aliphatic rings. The lowest BCUT2D eigenvalue weighted by Gasteiger charge is -2.15. The number of hydrogen-bond donors (Lipinski definition) is 1. The lowest BCUT2D eigenvalue weighted by molar-refractivity contribution is -0.119. The van der Waals surface area contributed by atoms with E-state index in [2.05, 4.69) is 5.32 Å². The number of benzene rings is 1. The van der Waals surface area contributed by atoms with Gasteiger partial charge in [-0.1, -0.05) is 6.92 Å². The number of carbonyl (C=O) groups is 1. The number of rotatable bonds is 8. The Labute approximate surface area is 124 Å². The molecule has 1 atom stereocenters. The Morgan fingerprint density at radius 3 is 2.52 bits per heavy atom. The van der Waals surface area contributed by atoms with Gasteiger partial charge in [0.15, 0.2) is 9.84 Å². The van der Waals surface area contributed by atoms with Gasteiger partial charge >= 0.3 is 0 Å². The van der Waals surface area contributed by atoms with Gasteiger partial charge in [0.25, 0.3) is 0 Å². The molecule has 1 N–H and O–H groups in total. The molecule has 7 heteroatoms. The van der Waals surface area contributed by atoms with E-state index in [4.69, 9.17) is 4.74 Å². The van der Waals surface area contributed by atoms with Crippen molar-refractivity contribution in [3.8, 4) is 5.75 Å². The summed E-state index contributed by atoms with van der Waals surface area (Å²) in [6.07, 6.45) is 0.485. The molecule has 0 aliphatic heterocycles. The Morgan fingerprint density at radius 2 is 1.95 bits per heavy atom. The molecule has 0 heterocycles. The highest BCUT2D eigenvalue weighted by atomic mass is 32.2. The Kier molecular flexibility index (Phi) is 6.61. The minimum atomic E-state index is -3.34. The summed E-state index contributed by atoms with van der Waals surface area (Å²) >= 11 is 0. The Hall–Kier alpha value is -1.63. The normalized spacial score (nSPS) is 12.7. The number of ether oxygens (including phenoxy) is 1. The van der Waals surface area contributed by atoms with Crippen molar-refractivity contribution < 1.29 is 22.3 Å². The molecule has 0 spiro atoms. The number of amides is 1. The van der Waals surface area contributed by atoms with E-state index in [0.717, 1.165) is 0 Å². The number of nitrogens with one attached hydrogen (secondary N) is 1. The van der Waals surface area contributed by atoms with Gasteiger partial charge in [-0.25, -0.2) is 12.8 Å². The van der Waals surface area contributed by atoms with E-state index in [1.54, 1.807) is 13.8 Å². The number of halogens is 1. The molecule has 21 heavy (non-hydrogen) atoms. The molecular formula is C14H20FNO4S. The third-order valence-corrected chi connectivity index (χ3v) is 4.32. The summed E-state index contributed by atoms with van der Waals surface area (Å²) in [6, 6.07) is 5.16. The van der Waals surface area contributed by atoms with Gasteiger partial charge in [-0.2, -0.15) is 0 Å². The molecular weight excluding hydrogens is 297 g/mol. The van der Waals surface area contributed by atoms with Crippen molar-refractivity contribution >= 4 is 15.7 Å². The quantitative estimate of drug-likeness (QED) is 0.789. The van der Waals surface area contributed by atoms with Crippen molar-refractivity contribution in [3.63, 3.8) is 0 Å². The van der Waals surface area contributed by atoms with Crippen LogP contribution in [-0.4, -0.2) is 38.5 Å². The number of carbonyl (C=O) groups excluding carboxylic acids is 1. The van der Waals surface area contributed by atoms with Gasteiger partial charge in [0.2, 0.25) is 5.91 Å². The van der Waals surface area contributed by atoms with Gasteiger partial charge in [-0.3, -0.25) is 4.79 Å².